The molecule has 3 aromatic rings. The predicted molar refractivity (Wildman–Crippen MR) is 109 cm³/mol. The summed E-state index contributed by atoms with van der Waals surface area (Å²) in [5, 5.41) is 5.94. The number of nitrogens with zero attached hydrogens (tertiary/aromatic N) is 3. The van der Waals surface area contributed by atoms with Crippen molar-refractivity contribution in [3.63, 3.8) is 0 Å². The van der Waals surface area contributed by atoms with Gasteiger partial charge in [-0.15, -0.1) is 0 Å². The zero-order chi connectivity index (χ0) is 21.1. The third kappa shape index (κ3) is 3.71. The smallest absolute Gasteiger partial charge is 0.339 e. The number of ether oxygens (including phenoxy) is 1. The Labute approximate surface area is 173 Å². The molecule has 1 amide bonds. The molecule has 1 aliphatic heterocycles. The van der Waals surface area contributed by atoms with Gasteiger partial charge in [-0.2, -0.15) is 5.10 Å². The molecule has 1 aromatic carbocycles. The number of para-hydroxylation sites is 1. The average molecular weight is 407 g/mol. The highest BCUT2D eigenvalue weighted by Gasteiger charge is 2.36. The number of anilines is 1. The largest absolute Gasteiger partial charge is 0.467 e. The lowest BCUT2D eigenvalue weighted by Crippen LogP contribution is -2.37. The number of rotatable bonds is 6. The zero-order valence-electron chi connectivity index (χ0n) is 16.6. The van der Waals surface area contributed by atoms with E-state index in [1.54, 1.807) is 60.9 Å². The molecular weight excluding hydrogens is 386 g/mol. The van der Waals surface area contributed by atoms with Crippen LogP contribution in [0.2, 0.25) is 0 Å². The number of esters is 1. The molecule has 0 fully saturated rings. The maximum Gasteiger partial charge on any atom is 0.339 e. The van der Waals surface area contributed by atoms with Gasteiger partial charge in [0, 0.05) is 13.5 Å². The minimum atomic E-state index is -0.460. The normalized spacial score (nSPS) is 15.7. The lowest BCUT2D eigenvalue weighted by atomic mass is 10.1. The summed E-state index contributed by atoms with van der Waals surface area (Å²) in [7, 11) is 3.07. The summed E-state index contributed by atoms with van der Waals surface area (Å²) >= 11 is 0. The minimum Gasteiger partial charge on any atom is -0.467 e. The van der Waals surface area contributed by atoms with Crippen molar-refractivity contribution in [2.45, 2.75) is 12.5 Å². The van der Waals surface area contributed by atoms with Gasteiger partial charge in [0.2, 0.25) is 0 Å². The molecule has 0 bridgehead atoms. The van der Waals surface area contributed by atoms with E-state index in [4.69, 9.17) is 13.6 Å². The number of furan rings is 2. The Morgan fingerprint density at radius 3 is 2.60 bits per heavy atom. The summed E-state index contributed by atoms with van der Waals surface area (Å²) in [6, 6.07) is 13.8. The van der Waals surface area contributed by atoms with Crippen molar-refractivity contribution in [2.24, 2.45) is 5.10 Å². The summed E-state index contributed by atoms with van der Waals surface area (Å²) in [6.45, 7) is 0.0140. The molecule has 4 rings (SSSR count). The molecule has 8 heteroatoms. The van der Waals surface area contributed by atoms with Crippen molar-refractivity contribution < 1.29 is 23.2 Å². The number of hydrazone groups is 1. The standard InChI is InChI=1S/C22H21N3O5/c1-24(17-8-4-3-7-15(17)22(27)28-2)14-21(26)25-18(20-10-6-12-30-20)13-16(23-25)19-9-5-11-29-19/h3-12,18H,13-14H2,1-2H3. The molecule has 3 heterocycles. The Morgan fingerprint density at radius 1 is 1.13 bits per heavy atom. The molecule has 154 valence electrons. The number of likely N-dealkylation sites (N-methyl/N-ethyl adjacent to an activating group) is 1. The SMILES string of the molecule is COC(=O)c1ccccc1N(C)CC(=O)N1N=C(c2ccco2)CC1c1ccco1. The van der Waals surface area contributed by atoms with Crippen LogP contribution >= 0.6 is 0 Å². The maximum atomic E-state index is 13.2. The van der Waals surface area contributed by atoms with E-state index >= 15 is 0 Å². The highest BCUT2D eigenvalue weighted by Crippen LogP contribution is 2.33. The fraction of sp³-hybridized carbons (Fsp3) is 0.227. The van der Waals surface area contributed by atoms with Crippen LogP contribution in [0, 0.1) is 0 Å². The molecule has 0 spiro atoms. The second-order valence-corrected chi connectivity index (χ2v) is 6.86. The Balaban J connectivity index is 1.58. The van der Waals surface area contributed by atoms with Crippen molar-refractivity contribution in [3.05, 3.63) is 78.1 Å². The average Bonchev–Trinajstić information content (AvgIpc) is 3.53. The highest BCUT2D eigenvalue weighted by atomic mass is 16.5. The summed E-state index contributed by atoms with van der Waals surface area (Å²) in [5.41, 5.74) is 1.66. The van der Waals surface area contributed by atoms with E-state index in [9.17, 15) is 9.59 Å². The summed E-state index contributed by atoms with van der Waals surface area (Å²) in [6.07, 6.45) is 3.62. The first kappa shape index (κ1) is 19.5. The molecule has 2 aromatic heterocycles. The minimum absolute atomic E-state index is 0.0140. The molecule has 0 N–H and O–H groups in total. The first-order chi connectivity index (χ1) is 14.6. The fourth-order valence-electron chi connectivity index (χ4n) is 3.48. The number of hydrogen-bond acceptors (Lipinski definition) is 7. The van der Waals surface area contributed by atoms with Gasteiger partial charge in [0.25, 0.3) is 5.91 Å². The molecule has 8 nitrogen and oxygen atoms in total. The molecule has 0 saturated heterocycles. The zero-order valence-corrected chi connectivity index (χ0v) is 16.6. The Morgan fingerprint density at radius 2 is 1.90 bits per heavy atom. The van der Waals surface area contributed by atoms with E-state index in [1.807, 2.05) is 12.1 Å². The fourth-order valence-corrected chi connectivity index (χ4v) is 3.48. The van der Waals surface area contributed by atoms with Crippen LogP contribution in [0.15, 0.2) is 75.0 Å². The molecule has 0 saturated carbocycles. The van der Waals surface area contributed by atoms with Gasteiger partial charge in [0.05, 0.1) is 37.4 Å². The quantitative estimate of drug-likeness (QED) is 0.582. The van der Waals surface area contributed by atoms with E-state index in [0.29, 0.717) is 34.9 Å². The number of benzene rings is 1. The monoisotopic (exact) mass is 407 g/mol. The van der Waals surface area contributed by atoms with Crippen molar-refractivity contribution in [3.8, 4) is 0 Å². The van der Waals surface area contributed by atoms with Gasteiger partial charge in [-0.05, 0) is 36.4 Å². The molecule has 0 aliphatic carbocycles. The Bertz CT molecular complexity index is 1060. The molecule has 1 unspecified atom stereocenters. The van der Waals surface area contributed by atoms with Crippen molar-refractivity contribution >= 4 is 23.3 Å². The molecular formula is C22H21N3O5. The Hall–Kier alpha value is -3.81. The van der Waals surface area contributed by atoms with Gasteiger partial charge in [-0.25, -0.2) is 9.80 Å². The van der Waals surface area contributed by atoms with Crippen LogP contribution in [0.25, 0.3) is 0 Å². The maximum absolute atomic E-state index is 13.2. The lowest BCUT2D eigenvalue weighted by molar-refractivity contribution is -0.131. The molecule has 1 atom stereocenters. The third-order valence-corrected chi connectivity index (χ3v) is 4.94. The van der Waals surface area contributed by atoms with Crippen LogP contribution in [-0.4, -0.2) is 43.3 Å². The third-order valence-electron chi connectivity index (χ3n) is 4.94. The van der Waals surface area contributed by atoms with Gasteiger partial charge in [-0.1, -0.05) is 12.1 Å². The van der Waals surface area contributed by atoms with E-state index in [-0.39, 0.29) is 18.5 Å². The number of amides is 1. The molecule has 0 radical (unpaired) electrons. The van der Waals surface area contributed by atoms with E-state index < -0.39 is 5.97 Å². The second kappa shape index (κ2) is 8.28. The van der Waals surface area contributed by atoms with Crippen LogP contribution < -0.4 is 4.90 Å². The second-order valence-electron chi connectivity index (χ2n) is 6.86. The number of hydrogen-bond donors (Lipinski definition) is 0. The van der Waals surface area contributed by atoms with E-state index in [0.717, 1.165) is 0 Å². The van der Waals surface area contributed by atoms with E-state index in [2.05, 4.69) is 5.10 Å². The Kier molecular flexibility index (Phi) is 5.38. The van der Waals surface area contributed by atoms with Crippen molar-refractivity contribution in [1.29, 1.82) is 0 Å². The summed E-state index contributed by atoms with van der Waals surface area (Å²) in [4.78, 5) is 27.0. The molecule has 1 aliphatic rings. The van der Waals surface area contributed by atoms with Crippen LogP contribution in [0.5, 0.6) is 0 Å². The van der Waals surface area contributed by atoms with Crippen LogP contribution in [0.1, 0.15) is 34.3 Å². The number of carbonyl (C=O) groups excluding carboxylic acids is 2. The van der Waals surface area contributed by atoms with Gasteiger partial charge in [-0.3, -0.25) is 4.79 Å². The number of methoxy groups -OCH3 is 1. The van der Waals surface area contributed by atoms with Gasteiger partial charge >= 0.3 is 5.97 Å². The lowest BCUT2D eigenvalue weighted by Gasteiger charge is -2.25. The van der Waals surface area contributed by atoms with Crippen LogP contribution in [-0.2, 0) is 9.53 Å². The van der Waals surface area contributed by atoms with Crippen molar-refractivity contribution in [1.82, 2.24) is 5.01 Å². The summed E-state index contributed by atoms with van der Waals surface area (Å²) in [5.74, 6) is 0.565. The van der Waals surface area contributed by atoms with Gasteiger partial charge < -0.3 is 18.5 Å². The predicted octanol–water partition coefficient (Wildman–Crippen LogP) is 3.47. The molecule has 30 heavy (non-hydrogen) atoms. The van der Waals surface area contributed by atoms with Gasteiger partial charge in [0.15, 0.2) is 0 Å². The number of carbonyl (C=O) groups is 2. The van der Waals surface area contributed by atoms with Crippen molar-refractivity contribution in [2.75, 3.05) is 25.6 Å². The van der Waals surface area contributed by atoms with Crippen LogP contribution in [0.3, 0.4) is 0 Å². The van der Waals surface area contributed by atoms with E-state index in [1.165, 1.54) is 12.1 Å². The first-order valence-corrected chi connectivity index (χ1v) is 9.43. The summed E-state index contributed by atoms with van der Waals surface area (Å²) < 4.78 is 15.8. The van der Waals surface area contributed by atoms with Crippen LogP contribution in [0.4, 0.5) is 5.69 Å². The van der Waals surface area contributed by atoms with Gasteiger partial charge in [0.1, 0.15) is 23.3 Å². The topological polar surface area (TPSA) is 88.5 Å². The first-order valence-electron chi connectivity index (χ1n) is 9.43. The highest BCUT2D eigenvalue weighted by molar-refractivity contribution is 6.01.